The Kier molecular flexibility index (Phi) is 3.60. The molecule has 0 amide bonds. The number of hydrogen-bond donors (Lipinski definition) is 0. The molecule has 1 aliphatic rings. The lowest BCUT2D eigenvalue weighted by Crippen LogP contribution is -1.98. The second kappa shape index (κ2) is 5.56. The number of halogens is 1. The maximum Gasteiger partial charge on any atom is 0.161 e. The number of ketones is 1. The van der Waals surface area contributed by atoms with Crippen molar-refractivity contribution in [2.45, 2.75) is 13.3 Å². The van der Waals surface area contributed by atoms with E-state index in [9.17, 15) is 9.18 Å². The molecule has 0 aliphatic carbocycles. The van der Waals surface area contributed by atoms with E-state index in [1.165, 1.54) is 25.1 Å². The summed E-state index contributed by atoms with van der Waals surface area (Å²) in [5.74, 6) is 0.833. The predicted molar refractivity (Wildman–Crippen MR) is 77.4 cm³/mol. The third-order valence-electron chi connectivity index (χ3n) is 3.42. The van der Waals surface area contributed by atoms with Crippen LogP contribution in [0.1, 0.15) is 23.7 Å². The lowest BCUT2D eigenvalue weighted by Gasteiger charge is -2.11. The van der Waals surface area contributed by atoms with E-state index in [0.717, 1.165) is 12.0 Å². The third-order valence-corrected chi connectivity index (χ3v) is 3.42. The van der Waals surface area contributed by atoms with Crippen LogP contribution in [0.4, 0.5) is 4.39 Å². The zero-order valence-corrected chi connectivity index (χ0v) is 11.7. The van der Waals surface area contributed by atoms with Gasteiger partial charge in [-0.1, -0.05) is 6.07 Å². The normalized spacial score (nSPS) is 13.6. The van der Waals surface area contributed by atoms with E-state index in [4.69, 9.17) is 9.47 Å². The molecule has 21 heavy (non-hydrogen) atoms. The van der Waals surface area contributed by atoms with Gasteiger partial charge in [0.05, 0.1) is 13.2 Å². The maximum absolute atomic E-state index is 13.5. The van der Waals surface area contributed by atoms with Crippen molar-refractivity contribution in [1.82, 2.24) is 0 Å². The molecule has 4 heteroatoms. The zero-order chi connectivity index (χ0) is 14.8. The molecule has 0 N–H and O–H groups in total. The van der Waals surface area contributed by atoms with E-state index in [-0.39, 0.29) is 11.6 Å². The van der Waals surface area contributed by atoms with E-state index >= 15 is 0 Å². The summed E-state index contributed by atoms with van der Waals surface area (Å²) >= 11 is 0. The Balaban J connectivity index is 2.10. The minimum atomic E-state index is -0.373. The molecule has 3 nitrogen and oxygen atoms in total. The van der Waals surface area contributed by atoms with E-state index < -0.39 is 0 Å². The Morgan fingerprint density at radius 3 is 2.57 bits per heavy atom. The number of carbonyl (C=O) groups is 1. The molecule has 0 saturated heterocycles. The number of hydrogen-bond acceptors (Lipinski definition) is 3. The van der Waals surface area contributed by atoms with Crippen molar-refractivity contribution in [2.75, 3.05) is 13.2 Å². The molecule has 0 unspecified atom stereocenters. The number of Topliss-reactive ketones (excluding diaryl/α,β-unsaturated/α-hetero) is 1. The summed E-state index contributed by atoms with van der Waals surface area (Å²) in [6.07, 6.45) is 0.822. The van der Waals surface area contributed by atoms with Gasteiger partial charge in [-0.05, 0) is 48.4 Å². The van der Waals surface area contributed by atoms with Crippen LogP contribution in [-0.4, -0.2) is 19.0 Å². The maximum atomic E-state index is 13.5. The molecule has 1 heterocycles. The molecule has 0 aromatic heterocycles. The van der Waals surface area contributed by atoms with Crippen molar-refractivity contribution in [1.29, 1.82) is 0 Å². The fourth-order valence-corrected chi connectivity index (χ4v) is 2.39. The van der Waals surface area contributed by atoms with Gasteiger partial charge in [-0.2, -0.15) is 0 Å². The summed E-state index contributed by atoms with van der Waals surface area (Å²) in [4.78, 5) is 11.7. The van der Waals surface area contributed by atoms with Crippen LogP contribution in [0.5, 0.6) is 11.5 Å². The zero-order valence-electron chi connectivity index (χ0n) is 11.7. The smallest absolute Gasteiger partial charge is 0.161 e. The van der Waals surface area contributed by atoms with Crippen molar-refractivity contribution >= 4 is 5.78 Å². The highest BCUT2D eigenvalue weighted by molar-refractivity contribution is 6.00. The van der Waals surface area contributed by atoms with Gasteiger partial charge in [0, 0.05) is 12.0 Å². The molecule has 2 aromatic carbocycles. The Morgan fingerprint density at radius 1 is 1.05 bits per heavy atom. The molecule has 3 rings (SSSR count). The van der Waals surface area contributed by atoms with Gasteiger partial charge in [-0.25, -0.2) is 4.39 Å². The van der Waals surface area contributed by atoms with E-state index in [2.05, 4.69) is 0 Å². The first-order valence-corrected chi connectivity index (χ1v) is 6.85. The van der Waals surface area contributed by atoms with Crippen LogP contribution < -0.4 is 9.47 Å². The molecular weight excluding hydrogens is 271 g/mol. The molecule has 1 aliphatic heterocycles. The Hall–Kier alpha value is -2.36. The Labute approximate surface area is 122 Å². The lowest BCUT2D eigenvalue weighted by atomic mass is 9.97. The first kappa shape index (κ1) is 13.6. The van der Waals surface area contributed by atoms with E-state index in [0.29, 0.717) is 35.8 Å². The highest BCUT2D eigenvalue weighted by Gasteiger charge is 2.15. The van der Waals surface area contributed by atoms with Gasteiger partial charge in [0.15, 0.2) is 17.3 Å². The molecule has 0 bridgehead atoms. The monoisotopic (exact) mass is 286 g/mol. The summed E-state index contributed by atoms with van der Waals surface area (Å²) < 4.78 is 24.7. The van der Waals surface area contributed by atoms with E-state index in [1.54, 1.807) is 12.1 Å². The van der Waals surface area contributed by atoms with Crippen molar-refractivity contribution < 1.29 is 18.7 Å². The first-order chi connectivity index (χ1) is 10.1. The number of rotatable bonds is 2. The van der Waals surface area contributed by atoms with Gasteiger partial charge in [-0.3, -0.25) is 4.79 Å². The van der Waals surface area contributed by atoms with Gasteiger partial charge in [-0.15, -0.1) is 0 Å². The molecule has 0 fully saturated rings. The van der Waals surface area contributed by atoms with Crippen molar-refractivity contribution in [3.05, 3.63) is 47.8 Å². The standard InChI is InChI=1S/C17H15FO3/c1-11(19)14-5-4-13(18)10-15(14)12-3-6-16-17(9-12)21-8-2-7-20-16/h3-6,9-10H,2,7-8H2,1H3. The summed E-state index contributed by atoms with van der Waals surface area (Å²) in [5, 5.41) is 0. The Bertz CT molecular complexity index is 694. The quantitative estimate of drug-likeness (QED) is 0.786. The largest absolute Gasteiger partial charge is 0.490 e. The average molecular weight is 286 g/mol. The van der Waals surface area contributed by atoms with Crippen LogP contribution in [0.25, 0.3) is 11.1 Å². The highest BCUT2D eigenvalue weighted by Crippen LogP contribution is 2.35. The number of ether oxygens (including phenoxy) is 2. The SMILES string of the molecule is CC(=O)c1ccc(F)cc1-c1ccc2c(c1)OCCCO2. The van der Waals surface area contributed by atoms with Crippen LogP contribution in [0.2, 0.25) is 0 Å². The lowest BCUT2D eigenvalue weighted by molar-refractivity contribution is 0.101. The first-order valence-electron chi connectivity index (χ1n) is 6.85. The van der Waals surface area contributed by atoms with Gasteiger partial charge in [0.2, 0.25) is 0 Å². The minimum absolute atomic E-state index is 0.0999. The molecule has 2 aromatic rings. The molecular formula is C17H15FO3. The number of carbonyl (C=O) groups excluding carboxylic acids is 1. The summed E-state index contributed by atoms with van der Waals surface area (Å²) in [7, 11) is 0. The van der Waals surface area contributed by atoms with Crippen LogP contribution in [-0.2, 0) is 0 Å². The highest BCUT2D eigenvalue weighted by atomic mass is 19.1. The second-order valence-corrected chi connectivity index (χ2v) is 4.96. The topological polar surface area (TPSA) is 35.5 Å². The van der Waals surface area contributed by atoms with Gasteiger partial charge in [0.25, 0.3) is 0 Å². The van der Waals surface area contributed by atoms with Gasteiger partial charge >= 0.3 is 0 Å². The molecule has 0 radical (unpaired) electrons. The molecule has 0 atom stereocenters. The van der Waals surface area contributed by atoms with Gasteiger partial charge < -0.3 is 9.47 Å². The summed E-state index contributed by atoms with van der Waals surface area (Å²) in [6, 6.07) is 9.58. The van der Waals surface area contributed by atoms with Gasteiger partial charge in [0.1, 0.15) is 5.82 Å². The summed E-state index contributed by atoms with van der Waals surface area (Å²) in [5.41, 5.74) is 1.80. The summed E-state index contributed by atoms with van der Waals surface area (Å²) in [6.45, 7) is 2.67. The van der Waals surface area contributed by atoms with Crippen molar-refractivity contribution in [3.63, 3.8) is 0 Å². The Morgan fingerprint density at radius 2 is 1.81 bits per heavy atom. The predicted octanol–water partition coefficient (Wildman–Crippen LogP) is 3.86. The van der Waals surface area contributed by atoms with Crippen molar-refractivity contribution in [3.8, 4) is 22.6 Å². The van der Waals surface area contributed by atoms with Crippen LogP contribution >= 0.6 is 0 Å². The molecule has 0 saturated carbocycles. The average Bonchev–Trinajstić information content (AvgIpc) is 2.71. The number of benzene rings is 2. The third kappa shape index (κ3) is 2.75. The van der Waals surface area contributed by atoms with Crippen molar-refractivity contribution in [2.24, 2.45) is 0 Å². The van der Waals surface area contributed by atoms with Crippen LogP contribution in [0.15, 0.2) is 36.4 Å². The fourth-order valence-electron chi connectivity index (χ4n) is 2.39. The molecule has 108 valence electrons. The number of fused-ring (bicyclic) bond motifs is 1. The van der Waals surface area contributed by atoms with Crippen LogP contribution in [0, 0.1) is 5.82 Å². The van der Waals surface area contributed by atoms with Crippen LogP contribution in [0.3, 0.4) is 0 Å². The fraction of sp³-hybridized carbons (Fsp3) is 0.235. The second-order valence-electron chi connectivity index (χ2n) is 4.96. The molecule has 0 spiro atoms. The minimum Gasteiger partial charge on any atom is -0.490 e. The van der Waals surface area contributed by atoms with E-state index in [1.807, 2.05) is 6.07 Å².